The van der Waals surface area contributed by atoms with Crippen LogP contribution in [0, 0.1) is 0 Å². The van der Waals surface area contributed by atoms with Gasteiger partial charge in [0, 0.05) is 19.6 Å². The first-order valence-corrected chi connectivity index (χ1v) is 8.21. The van der Waals surface area contributed by atoms with Crippen molar-refractivity contribution in [1.29, 1.82) is 0 Å². The number of rotatable bonds is 5. The van der Waals surface area contributed by atoms with Gasteiger partial charge in [0.05, 0.1) is 24.1 Å². The number of halogens is 2. The van der Waals surface area contributed by atoms with E-state index in [1.807, 2.05) is 0 Å². The van der Waals surface area contributed by atoms with Gasteiger partial charge >= 0.3 is 0 Å². The number of hydrogen-bond donors (Lipinski definition) is 1. The maximum Gasteiger partial charge on any atom is 0.230 e. The Hall–Kier alpha value is -1.34. The monoisotopic (exact) mass is 356 g/mol. The Morgan fingerprint density at radius 3 is 3.13 bits per heavy atom. The van der Waals surface area contributed by atoms with Crippen molar-refractivity contribution in [3.63, 3.8) is 0 Å². The molecule has 1 N–H and O–H groups in total. The van der Waals surface area contributed by atoms with Gasteiger partial charge in [-0.2, -0.15) is 4.98 Å². The van der Waals surface area contributed by atoms with E-state index < -0.39 is 0 Å². The van der Waals surface area contributed by atoms with Crippen molar-refractivity contribution < 1.29 is 9.26 Å². The van der Waals surface area contributed by atoms with Crippen LogP contribution in [0.25, 0.3) is 0 Å². The summed E-state index contributed by atoms with van der Waals surface area (Å²) in [5.74, 6) is 1.81. The van der Waals surface area contributed by atoms with E-state index in [4.69, 9.17) is 32.5 Å². The van der Waals surface area contributed by atoms with Gasteiger partial charge in [0.15, 0.2) is 5.82 Å². The zero-order chi connectivity index (χ0) is 16.2. The normalized spacial score (nSPS) is 19.0. The van der Waals surface area contributed by atoms with Crippen LogP contribution in [-0.2, 0) is 6.42 Å². The second-order valence-electron chi connectivity index (χ2n) is 5.40. The number of piperazine rings is 1. The third-order valence-electron chi connectivity index (χ3n) is 3.78. The fraction of sp³-hybridized carbons (Fsp3) is 0.467. The van der Waals surface area contributed by atoms with Gasteiger partial charge in [-0.1, -0.05) is 34.4 Å². The van der Waals surface area contributed by atoms with E-state index in [0.29, 0.717) is 40.5 Å². The van der Waals surface area contributed by atoms with Gasteiger partial charge in [-0.15, -0.1) is 0 Å². The van der Waals surface area contributed by atoms with Gasteiger partial charge in [0.2, 0.25) is 5.89 Å². The van der Waals surface area contributed by atoms with E-state index in [1.165, 1.54) is 0 Å². The van der Waals surface area contributed by atoms with Gasteiger partial charge < -0.3 is 14.6 Å². The number of benzene rings is 1. The Labute approximate surface area is 144 Å². The molecule has 124 valence electrons. The zero-order valence-electron chi connectivity index (χ0n) is 12.8. The van der Waals surface area contributed by atoms with Gasteiger partial charge in [0.25, 0.3) is 0 Å². The highest BCUT2D eigenvalue weighted by Gasteiger charge is 2.25. The maximum atomic E-state index is 6.08. The van der Waals surface area contributed by atoms with E-state index in [9.17, 15) is 0 Å². The molecule has 1 aliphatic heterocycles. The summed E-state index contributed by atoms with van der Waals surface area (Å²) in [7, 11) is 2.06. The maximum absolute atomic E-state index is 6.08. The van der Waals surface area contributed by atoms with Crippen LogP contribution in [0.1, 0.15) is 17.8 Å². The minimum atomic E-state index is 0.143. The molecule has 0 amide bonds. The second-order valence-corrected chi connectivity index (χ2v) is 6.18. The average molecular weight is 357 g/mol. The summed E-state index contributed by atoms with van der Waals surface area (Å²) in [6, 6.07) is 5.43. The van der Waals surface area contributed by atoms with E-state index in [-0.39, 0.29) is 6.04 Å². The van der Waals surface area contributed by atoms with E-state index in [1.54, 1.807) is 18.2 Å². The Kier molecular flexibility index (Phi) is 5.38. The van der Waals surface area contributed by atoms with Crippen molar-refractivity contribution >= 4 is 23.2 Å². The molecule has 1 aromatic heterocycles. The Morgan fingerprint density at radius 1 is 1.43 bits per heavy atom. The smallest absolute Gasteiger partial charge is 0.230 e. The van der Waals surface area contributed by atoms with Crippen molar-refractivity contribution in [2.45, 2.75) is 12.5 Å². The van der Waals surface area contributed by atoms with Crippen molar-refractivity contribution in [2.75, 3.05) is 33.3 Å². The van der Waals surface area contributed by atoms with Crippen LogP contribution in [0.15, 0.2) is 22.7 Å². The summed E-state index contributed by atoms with van der Waals surface area (Å²) < 4.78 is 10.9. The van der Waals surface area contributed by atoms with Crippen LogP contribution in [0.3, 0.4) is 0 Å². The Morgan fingerprint density at radius 2 is 2.30 bits per heavy atom. The third-order valence-corrected chi connectivity index (χ3v) is 4.58. The summed E-state index contributed by atoms with van der Waals surface area (Å²) in [5, 5.41) is 8.29. The number of ether oxygens (including phenoxy) is 1. The van der Waals surface area contributed by atoms with Crippen LogP contribution < -0.4 is 10.1 Å². The molecule has 1 atom stereocenters. The minimum Gasteiger partial charge on any atom is -0.491 e. The summed E-state index contributed by atoms with van der Waals surface area (Å²) in [6.07, 6.45) is 0.514. The van der Waals surface area contributed by atoms with Crippen LogP contribution in [-0.4, -0.2) is 48.3 Å². The summed E-state index contributed by atoms with van der Waals surface area (Å²) in [5.41, 5.74) is 0. The zero-order valence-corrected chi connectivity index (χ0v) is 14.3. The average Bonchev–Trinajstić information content (AvgIpc) is 3.00. The second kappa shape index (κ2) is 7.49. The van der Waals surface area contributed by atoms with Crippen LogP contribution in [0.2, 0.25) is 10.0 Å². The topological polar surface area (TPSA) is 63.4 Å². The fourth-order valence-electron chi connectivity index (χ4n) is 2.44. The molecular weight excluding hydrogens is 339 g/mol. The molecule has 8 heteroatoms. The van der Waals surface area contributed by atoms with Gasteiger partial charge in [-0.05, 0) is 19.2 Å². The lowest BCUT2D eigenvalue weighted by Gasteiger charge is -2.30. The molecule has 2 heterocycles. The van der Waals surface area contributed by atoms with Crippen molar-refractivity contribution in [3.05, 3.63) is 40.0 Å². The molecule has 0 saturated carbocycles. The fourth-order valence-corrected chi connectivity index (χ4v) is 2.79. The number of likely N-dealkylation sites (N-methyl/N-ethyl adjacent to an activating group) is 1. The molecule has 2 aromatic rings. The largest absolute Gasteiger partial charge is 0.491 e. The van der Waals surface area contributed by atoms with E-state index >= 15 is 0 Å². The first-order chi connectivity index (χ1) is 11.1. The molecular formula is C15H18Cl2N4O2. The quantitative estimate of drug-likeness (QED) is 0.888. The molecule has 1 saturated heterocycles. The van der Waals surface area contributed by atoms with Crippen LogP contribution >= 0.6 is 23.2 Å². The van der Waals surface area contributed by atoms with Gasteiger partial charge in [-0.25, -0.2) is 0 Å². The molecule has 0 spiro atoms. The van der Waals surface area contributed by atoms with E-state index in [2.05, 4.69) is 27.4 Å². The molecule has 0 radical (unpaired) electrons. The lowest BCUT2D eigenvalue weighted by atomic mass is 10.2. The minimum absolute atomic E-state index is 0.143. The molecule has 0 aliphatic carbocycles. The lowest BCUT2D eigenvalue weighted by molar-refractivity contribution is 0.190. The molecule has 1 unspecified atom stereocenters. The highest BCUT2D eigenvalue weighted by atomic mass is 35.5. The molecule has 0 bridgehead atoms. The highest BCUT2D eigenvalue weighted by Crippen LogP contribution is 2.31. The summed E-state index contributed by atoms with van der Waals surface area (Å²) >= 11 is 12.0. The van der Waals surface area contributed by atoms with Crippen LogP contribution in [0.4, 0.5) is 0 Å². The highest BCUT2D eigenvalue weighted by molar-refractivity contribution is 6.42. The van der Waals surface area contributed by atoms with Crippen LogP contribution in [0.5, 0.6) is 5.75 Å². The number of nitrogens with one attached hydrogen (secondary N) is 1. The number of aromatic nitrogens is 2. The predicted molar refractivity (Wildman–Crippen MR) is 88.2 cm³/mol. The summed E-state index contributed by atoms with van der Waals surface area (Å²) in [4.78, 5) is 6.67. The molecule has 3 rings (SSSR count). The molecule has 1 fully saturated rings. The van der Waals surface area contributed by atoms with Gasteiger partial charge in [-0.3, -0.25) is 4.90 Å². The molecule has 23 heavy (non-hydrogen) atoms. The SMILES string of the molecule is CN1CCNCC1c1noc(CCOc2cccc(Cl)c2Cl)n1. The predicted octanol–water partition coefficient (Wildman–Crippen LogP) is 2.57. The summed E-state index contributed by atoms with van der Waals surface area (Å²) in [6.45, 7) is 3.15. The number of nitrogens with zero attached hydrogens (tertiary/aromatic N) is 3. The first kappa shape index (κ1) is 16.5. The molecule has 1 aromatic carbocycles. The lowest BCUT2D eigenvalue weighted by Crippen LogP contribution is -2.44. The molecule has 1 aliphatic rings. The van der Waals surface area contributed by atoms with Crippen molar-refractivity contribution in [1.82, 2.24) is 20.4 Å². The van der Waals surface area contributed by atoms with E-state index in [0.717, 1.165) is 19.6 Å². The van der Waals surface area contributed by atoms with Crippen molar-refractivity contribution in [3.8, 4) is 5.75 Å². The molecule has 6 nitrogen and oxygen atoms in total. The number of hydrogen-bond acceptors (Lipinski definition) is 6. The van der Waals surface area contributed by atoms with Gasteiger partial charge in [0.1, 0.15) is 10.8 Å². The Bertz CT molecular complexity index is 665. The third kappa shape index (κ3) is 3.95. The Balaban J connectivity index is 1.56. The van der Waals surface area contributed by atoms with Crippen molar-refractivity contribution in [2.24, 2.45) is 0 Å². The standard InChI is InChI=1S/C15H18Cl2N4O2/c1-21-7-6-18-9-11(21)15-19-13(23-20-15)5-8-22-12-4-2-3-10(16)14(12)17/h2-4,11,18H,5-9H2,1H3. The first-order valence-electron chi connectivity index (χ1n) is 7.45.